The molecule has 14 heavy (non-hydrogen) atoms. The summed E-state index contributed by atoms with van der Waals surface area (Å²) >= 11 is 0. The fourth-order valence-corrected chi connectivity index (χ4v) is 1.02. The lowest BCUT2D eigenvalue weighted by atomic mass is 9.79. The SMILES string of the molecule is COC(=O)c1cc(B(O)O)ccc1N. The molecule has 0 aliphatic rings. The first kappa shape index (κ1) is 10.6. The fourth-order valence-electron chi connectivity index (χ4n) is 1.02. The van der Waals surface area contributed by atoms with Crippen LogP contribution in [0.5, 0.6) is 0 Å². The van der Waals surface area contributed by atoms with Crippen LogP contribution >= 0.6 is 0 Å². The number of carbonyl (C=O) groups excluding carboxylic acids is 1. The minimum atomic E-state index is -1.63. The Morgan fingerprint density at radius 2 is 2.14 bits per heavy atom. The van der Waals surface area contributed by atoms with Gasteiger partial charge < -0.3 is 20.5 Å². The van der Waals surface area contributed by atoms with Crippen LogP contribution in [0.3, 0.4) is 0 Å². The number of benzene rings is 1. The molecule has 0 aliphatic heterocycles. The minimum absolute atomic E-state index is 0.123. The lowest BCUT2D eigenvalue weighted by Crippen LogP contribution is -2.30. The molecule has 5 nitrogen and oxygen atoms in total. The van der Waals surface area contributed by atoms with Crippen LogP contribution in [0, 0.1) is 0 Å². The Morgan fingerprint density at radius 3 is 2.64 bits per heavy atom. The summed E-state index contributed by atoms with van der Waals surface area (Å²) in [7, 11) is -0.400. The van der Waals surface area contributed by atoms with Crippen molar-refractivity contribution in [3.63, 3.8) is 0 Å². The molecule has 4 N–H and O–H groups in total. The standard InChI is InChI=1S/C8H10BNO4/c1-14-8(11)6-4-5(9(12)13)2-3-7(6)10/h2-4,12-13H,10H2,1H3. The molecule has 1 aromatic rings. The number of rotatable bonds is 2. The van der Waals surface area contributed by atoms with Crippen molar-refractivity contribution in [3.05, 3.63) is 23.8 Å². The van der Waals surface area contributed by atoms with Crippen LogP contribution in [0.15, 0.2) is 18.2 Å². The number of methoxy groups -OCH3 is 1. The third kappa shape index (κ3) is 2.04. The van der Waals surface area contributed by atoms with E-state index in [1.807, 2.05) is 0 Å². The maximum absolute atomic E-state index is 11.1. The van der Waals surface area contributed by atoms with Gasteiger partial charge in [0.05, 0.1) is 12.7 Å². The first-order valence-corrected chi connectivity index (χ1v) is 3.90. The van der Waals surface area contributed by atoms with Crippen LogP contribution in [0.4, 0.5) is 5.69 Å². The molecule has 0 bridgehead atoms. The van der Waals surface area contributed by atoms with Gasteiger partial charge in [0, 0.05) is 5.69 Å². The molecular formula is C8H10BNO4. The maximum atomic E-state index is 11.1. The predicted octanol–water partition coefficient (Wildman–Crippen LogP) is -1.26. The molecule has 0 saturated carbocycles. The van der Waals surface area contributed by atoms with Crippen molar-refractivity contribution in [3.8, 4) is 0 Å². The van der Waals surface area contributed by atoms with Crippen molar-refractivity contribution < 1.29 is 19.6 Å². The van der Waals surface area contributed by atoms with Gasteiger partial charge in [-0.3, -0.25) is 0 Å². The zero-order valence-electron chi connectivity index (χ0n) is 7.60. The molecule has 6 heteroatoms. The second kappa shape index (κ2) is 4.12. The lowest BCUT2D eigenvalue weighted by Gasteiger charge is -2.05. The minimum Gasteiger partial charge on any atom is -0.465 e. The Kier molecular flexibility index (Phi) is 3.11. The monoisotopic (exact) mass is 195 g/mol. The predicted molar refractivity (Wildman–Crippen MR) is 52.0 cm³/mol. The molecular weight excluding hydrogens is 185 g/mol. The Hall–Kier alpha value is -1.53. The number of nitrogens with two attached hydrogens (primary N) is 1. The number of hydrogen-bond donors (Lipinski definition) is 3. The third-order valence-corrected chi connectivity index (χ3v) is 1.78. The van der Waals surface area contributed by atoms with Gasteiger partial charge in [0.2, 0.25) is 0 Å². The summed E-state index contributed by atoms with van der Waals surface area (Å²) in [6.45, 7) is 0. The summed E-state index contributed by atoms with van der Waals surface area (Å²) in [5.41, 5.74) is 6.06. The molecule has 0 atom stereocenters. The highest BCUT2D eigenvalue weighted by Gasteiger charge is 2.16. The van der Waals surface area contributed by atoms with Gasteiger partial charge in [0.15, 0.2) is 0 Å². The highest BCUT2D eigenvalue weighted by Crippen LogP contribution is 2.10. The smallest absolute Gasteiger partial charge is 0.465 e. The van der Waals surface area contributed by atoms with Crippen molar-refractivity contribution in [2.75, 3.05) is 12.8 Å². The van der Waals surface area contributed by atoms with Crippen LogP contribution in [0.1, 0.15) is 10.4 Å². The Labute approximate surface area is 81.3 Å². The molecule has 0 heterocycles. The van der Waals surface area contributed by atoms with E-state index in [0.717, 1.165) is 0 Å². The number of hydrogen-bond acceptors (Lipinski definition) is 5. The molecule has 0 amide bonds. The topological polar surface area (TPSA) is 92.8 Å². The highest BCUT2D eigenvalue weighted by molar-refractivity contribution is 6.58. The van der Waals surface area contributed by atoms with Gasteiger partial charge in [-0.05, 0) is 17.6 Å². The Morgan fingerprint density at radius 1 is 1.50 bits per heavy atom. The van der Waals surface area contributed by atoms with Gasteiger partial charge in [-0.25, -0.2) is 4.79 Å². The van der Waals surface area contributed by atoms with Crippen molar-refractivity contribution >= 4 is 24.2 Å². The molecule has 0 fully saturated rings. The molecule has 74 valence electrons. The second-order valence-electron chi connectivity index (χ2n) is 2.71. The molecule has 0 unspecified atom stereocenters. The summed E-state index contributed by atoms with van der Waals surface area (Å²) in [6, 6.07) is 4.12. The molecule has 1 aromatic carbocycles. The summed E-state index contributed by atoms with van der Waals surface area (Å²) in [5.74, 6) is -0.606. The van der Waals surface area contributed by atoms with Crippen molar-refractivity contribution in [2.45, 2.75) is 0 Å². The van der Waals surface area contributed by atoms with Gasteiger partial charge >= 0.3 is 13.1 Å². The van der Waals surface area contributed by atoms with Crippen LogP contribution < -0.4 is 11.2 Å². The van der Waals surface area contributed by atoms with E-state index in [1.54, 1.807) is 0 Å². The molecule has 1 rings (SSSR count). The number of nitrogen functional groups attached to an aromatic ring is 1. The number of anilines is 1. The van der Waals surface area contributed by atoms with Crippen LogP contribution in [0.2, 0.25) is 0 Å². The number of ether oxygens (including phenoxy) is 1. The fraction of sp³-hybridized carbons (Fsp3) is 0.125. The normalized spacial score (nSPS) is 9.64. The summed E-state index contributed by atoms with van der Waals surface area (Å²) < 4.78 is 4.47. The van der Waals surface area contributed by atoms with Gasteiger partial charge in [0.1, 0.15) is 0 Å². The average Bonchev–Trinajstić information content (AvgIpc) is 2.17. The average molecular weight is 195 g/mol. The largest absolute Gasteiger partial charge is 0.488 e. The molecule has 0 radical (unpaired) electrons. The van der Waals surface area contributed by atoms with Crippen molar-refractivity contribution in [1.82, 2.24) is 0 Å². The van der Waals surface area contributed by atoms with E-state index >= 15 is 0 Å². The lowest BCUT2D eigenvalue weighted by molar-refractivity contribution is 0.0602. The Bertz CT molecular complexity index is 353. The van der Waals surface area contributed by atoms with Crippen LogP contribution in [-0.4, -0.2) is 30.2 Å². The van der Waals surface area contributed by atoms with Gasteiger partial charge in [-0.2, -0.15) is 0 Å². The number of esters is 1. The first-order chi connectivity index (χ1) is 6.56. The zero-order valence-corrected chi connectivity index (χ0v) is 7.60. The molecule has 0 spiro atoms. The third-order valence-electron chi connectivity index (χ3n) is 1.78. The van der Waals surface area contributed by atoms with Crippen LogP contribution in [0.25, 0.3) is 0 Å². The van der Waals surface area contributed by atoms with E-state index in [-0.39, 0.29) is 16.7 Å². The number of carbonyl (C=O) groups is 1. The van der Waals surface area contributed by atoms with Gasteiger partial charge in [-0.15, -0.1) is 0 Å². The highest BCUT2D eigenvalue weighted by atomic mass is 16.5. The quantitative estimate of drug-likeness (QED) is 0.311. The summed E-state index contributed by atoms with van der Waals surface area (Å²) in [4.78, 5) is 11.1. The van der Waals surface area contributed by atoms with Crippen LogP contribution in [-0.2, 0) is 4.74 Å². The summed E-state index contributed by atoms with van der Waals surface area (Å²) in [6.07, 6.45) is 0. The van der Waals surface area contributed by atoms with E-state index in [0.29, 0.717) is 0 Å². The van der Waals surface area contributed by atoms with E-state index < -0.39 is 13.1 Å². The molecule has 0 aliphatic carbocycles. The van der Waals surface area contributed by atoms with Gasteiger partial charge in [-0.1, -0.05) is 6.07 Å². The second-order valence-corrected chi connectivity index (χ2v) is 2.71. The first-order valence-electron chi connectivity index (χ1n) is 3.90. The summed E-state index contributed by atoms with van der Waals surface area (Å²) in [5, 5.41) is 17.7. The zero-order chi connectivity index (χ0) is 10.7. The van der Waals surface area contributed by atoms with E-state index in [9.17, 15) is 4.79 Å². The maximum Gasteiger partial charge on any atom is 0.488 e. The Balaban J connectivity index is 3.15. The van der Waals surface area contributed by atoms with Crippen molar-refractivity contribution in [1.29, 1.82) is 0 Å². The van der Waals surface area contributed by atoms with E-state index in [2.05, 4.69) is 4.74 Å². The van der Waals surface area contributed by atoms with Gasteiger partial charge in [0.25, 0.3) is 0 Å². The van der Waals surface area contributed by atoms with Crippen molar-refractivity contribution in [2.24, 2.45) is 0 Å². The molecule has 0 saturated heterocycles. The molecule has 0 aromatic heterocycles. The van der Waals surface area contributed by atoms with E-state index in [4.69, 9.17) is 15.8 Å². The van der Waals surface area contributed by atoms with E-state index in [1.165, 1.54) is 25.3 Å².